The fraction of sp³-hybridized carbons (Fsp3) is 0.435. The van der Waals surface area contributed by atoms with Crippen LogP contribution in [0.1, 0.15) is 46.8 Å². The Balaban J connectivity index is 1.53. The van der Waals surface area contributed by atoms with Gasteiger partial charge in [0.25, 0.3) is 5.91 Å². The maximum atomic E-state index is 12.4. The SMILES string of the molecule is CC1CCCN(Cc2ccc(CNC(=O)c3cccc(CS(C)(=O)=O)c3)cc2)C1. The molecule has 0 aromatic heterocycles. The van der Waals surface area contributed by atoms with Crippen LogP contribution in [0.3, 0.4) is 0 Å². The first-order chi connectivity index (χ1) is 13.8. The van der Waals surface area contributed by atoms with Crippen molar-refractivity contribution >= 4 is 15.7 Å². The lowest BCUT2D eigenvalue weighted by Gasteiger charge is -2.30. The smallest absolute Gasteiger partial charge is 0.251 e. The van der Waals surface area contributed by atoms with Crippen molar-refractivity contribution in [1.29, 1.82) is 0 Å². The molecule has 156 valence electrons. The minimum Gasteiger partial charge on any atom is -0.348 e. The lowest BCUT2D eigenvalue weighted by atomic mass is 9.99. The van der Waals surface area contributed by atoms with Crippen molar-refractivity contribution in [2.45, 2.75) is 38.6 Å². The van der Waals surface area contributed by atoms with Gasteiger partial charge in [-0.2, -0.15) is 0 Å². The average molecular weight is 415 g/mol. The summed E-state index contributed by atoms with van der Waals surface area (Å²) in [5, 5.41) is 2.91. The summed E-state index contributed by atoms with van der Waals surface area (Å²) in [6.07, 6.45) is 3.79. The molecule has 0 aliphatic carbocycles. The number of benzene rings is 2. The first-order valence-corrected chi connectivity index (χ1v) is 12.2. The van der Waals surface area contributed by atoms with E-state index in [1.165, 1.54) is 31.2 Å². The first-order valence-electron chi connectivity index (χ1n) is 10.1. The van der Waals surface area contributed by atoms with Crippen molar-refractivity contribution < 1.29 is 13.2 Å². The summed E-state index contributed by atoms with van der Waals surface area (Å²) in [6, 6.07) is 15.2. The third-order valence-corrected chi connectivity index (χ3v) is 6.10. The van der Waals surface area contributed by atoms with Crippen molar-refractivity contribution in [2.24, 2.45) is 5.92 Å². The maximum Gasteiger partial charge on any atom is 0.251 e. The van der Waals surface area contributed by atoms with Crippen LogP contribution in [0.25, 0.3) is 0 Å². The number of hydrogen-bond donors (Lipinski definition) is 1. The number of piperidine rings is 1. The number of hydrogen-bond acceptors (Lipinski definition) is 4. The third-order valence-electron chi connectivity index (χ3n) is 5.24. The van der Waals surface area contributed by atoms with Crippen LogP contribution in [0.4, 0.5) is 0 Å². The minimum absolute atomic E-state index is 0.0641. The predicted molar refractivity (Wildman–Crippen MR) is 116 cm³/mol. The number of amides is 1. The molecule has 2 aromatic carbocycles. The fourth-order valence-corrected chi connectivity index (χ4v) is 4.63. The molecule has 1 aliphatic rings. The summed E-state index contributed by atoms with van der Waals surface area (Å²) in [7, 11) is -3.13. The van der Waals surface area contributed by atoms with E-state index < -0.39 is 9.84 Å². The molecule has 1 amide bonds. The molecule has 6 heteroatoms. The molecule has 1 atom stereocenters. The number of carbonyl (C=O) groups is 1. The van der Waals surface area contributed by atoms with Crippen LogP contribution in [0.15, 0.2) is 48.5 Å². The van der Waals surface area contributed by atoms with Gasteiger partial charge in [0, 0.05) is 31.5 Å². The monoisotopic (exact) mass is 414 g/mol. The summed E-state index contributed by atoms with van der Waals surface area (Å²) < 4.78 is 22.9. The second-order valence-corrected chi connectivity index (χ2v) is 10.4. The number of sulfone groups is 1. The Kier molecular flexibility index (Phi) is 7.09. The van der Waals surface area contributed by atoms with E-state index in [0.717, 1.165) is 24.6 Å². The van der Waals surface area contributed by atoms with Gasteiger partial charge in [0.2, 0.25) is 0 Å². The van der Waals surface area contributed by atoms with Gasteiger partial charge in [-0.3, -0.25) is 9.69 Å². The van der Waals surface area contributed by atoms with Gasteiger partial charge in [-0.15, -0.1) is 0 Å². The molecule has 0 bridgehead atoms. The van der Waals surface area contributed by atoms with Crippen LogP contribution in [-0.4, -0.2) is 38.6 Å². The fourth-order valence-electron chi connectivity index (χ4n) is 3.84. The molecule has 0 spiro atoms. The predicted octanol–water partition coefficient (Wildman–Crippen LogP) is 3.39. The second kappa shape index (κ2) is 9.55. The summed E-state index contributed by atoms with van der Waals surface area (Å²) in [6.45, 7) is 6.06. The van der Waals surface area contributed by atoms with Gasteiger partial charge < -0.3 is 5.32 Å². The summed E-state index contributed by atoms with van der Waals surface area (Å²) >= 11 is 0. The average Bonchev–Trinajstić information content (AvgIpc) is 2.66. The van der Waals surface area contributed by atoms with E-state index in [1.807, 2.05) is 0 Å². The summed E-state index contributed by atoms with van der Waals surface area (Å²) in [4.78, 5) is 14.9. The second-order valence-electron chi connectivity index (χ2n) is 8.25. The lowest BCUT2D eigenvalue weighted by molar-refractivity contribution is 0.0951. The maximum absolute atomic E-state index is 12.4. The molecule has 1 unspecified atom stereocenters. The zero-order valence-electron chi connectivity index (χ0n) is 17.2. The highest BCUT2D eigenvalue weighted by Crippen LogP contribution is 2.18. The molecule has 1 fully saturated rings. The first kappa shape index (κ1) is 21.5. The molecule has 1 heterocycles. The van der Waals surface area contributed by atoms with Crippen molar-refractivity contribution in [3.8, 4) is 0 Å². The van der Waals surface area contributed by atoms with E-state index in [2.05, 4.69) is 41.4 Å². The normalized spacial score (nSPS) is 17.8. The van der Waals surface area contributed by atoms with Gasteiger partial charge in [-0.25, -0.2) is 8.42 Å². The minimum atomic E-state index is -3.13. The van der Waals surface area contributed by atoms with Gasteiger partial charge in [-0.1, -0.05) is 43.3 Å². The number of nitrogens with zero attached hydrogens (tertiary/aromatic N) is 1. The molecule has 2 aromatic rings. The largest absolute Gasteiger partial charge is 0.348 e. The Bertz CT molecular complexity index is 939. The molecule has 1 N–H and O–H groups in total. The number of carbonyl (C=O) groups excluding carboxylic acids is 1. The van der Waals surface area contributed by atoms with Gasteiger partial charge >= 0.3 is 0 Å². The number of nitrogens with one attached hydrogen (secondary N) is 1. The number of rotatable bonds is 7. The molecule has 0 saturated carbocycles. The van der Waals surface area contributed by atoms with E-state index in [9.17, 15) is 13.2 Å². The quantitative estimate of drug-likeness (QED) is 0.754. The van der Waals surface area contributed by atoms with Gasteiger partial charge in [-0.05, 0) is 54.1 Å². The standard InChI is InChI=1S/C23H30N2O3S/c1-18-5-4-12-25(15-18)16-20-10-8-19(9-11-20)14-24-23(26)22-7-3-6-21(13-22)17-29(2,27)28/h3,6-11,13,18H,4-5,12,14-17H2,1-2H3,(H,24,26). The highest BCUT2D eigenvalue weighted by molar-refractivity contribution is 7.89. The molecular formula is C23H30N2O3S. The van der Waals surface area contributed by atoms with Crippen LogP contribution in [0.2, 0.25) is 0 Å². The van der Waals surface area contributed by atoms with E-state index >= 15 is 0 Å². The van der Waals surface area contributed by atoms with Crippen LogP contribution in [0, 0.1) is 5.92 Å². The molecule has 5 nitrogen and oxygen atoms in total. The molecular weight excluding hydrogens is 384 g/mol. The van der Waals surface area contributed by atoms with Crippen molar-refractivity contribution in [3.63, 3.8) is 0 Å². The molecule has 29 heavy (non-hydrogen) atoms. The zero-order chi connectivity index (χ0) is 20.9. The van der Waals surface area contributed by atoms with Crippen molar-refractivity contribution in [3.05, 3.63) is 70.8 Å². The van der Waals surface area contributed by atoms with Gasteiger partial charge in [0.1, 0.15) is 0 Å². The topological polar surface area (TPSA) is 66.5 Å². The highest BCUT2D eigenvalue weighted by atomic mass is 32.2. The van der Waals surface area contributed by atoms with E-state index in [1.54, 1.807) is 24.3 Å². The van der Waals surface area contributed by atoms with Gasteiger partial charge in [0.15, 0.2) is 9.84 Å². The summed E-state index contributed by atoms with van der Waals surface area (Å²) in [5.74, 6) is 0.506. The Morgan fingerprint density at radius 3 is 2.52 bits per heavy atom. The third kappa shape index (κ3) is 6.98. The lowest BCUT2D eigenvalue weighted by Crippen LogP contribution is -2.33. The Labute approximate surface area is 174 Å². The van der Waals surface area contributed by atoms with E-state index in [4.69, 9.17) is 0 Å². The van der Waals surface area contributed by atoms with Gasteiger partial charge in [0.05, 0.1) is 5.75 Å². The molecule has 3 rings (SSSR count). The molecule has 1 aliphatic heterocycles. The Morgan fingerprint density at radius 1 is 1.10 bits per heavy atom. The van der Waals surface area contributed by atoms with Crippen LogP contribution >= 0.6 is 0 Å². The Morgan fingerprint density at radius 2 is 1.83 bits per heavy atom. The van der Waals surface area contributed by atoms with E-state index in [-0.39, 0.29) is 11.7 Å². The zero-order valence-corrected chi connectivity index (χ0v) is 18.0. The van der Waals surface area contributed by atoms with E-state index in [0.29, 0.717) is 17.7 Å². The highest BCUT2D eigenvalue weighted by Gasteiger charge is 2.16. The number of likely N-dealkylation sites (tertiary alicyclic amines) is 1. The molecule has 1 saturated heterocycles. The van der Waals surface area contributed by atoms with Crippen LogP contribution in [-0.2, 0) is 28.7 Å². The molecule has 0 radical (unpaired) electrons. The summed E-state index contributed by atoms with van der Waals surface area (Å²) in [5.41, 5.74) is 3.43. The van der Waals surface area contributed by atoms with Crippen molar-refractivity contribution in [2.75, 3.05) is 19.3 Å². The Hall–Kier alpha value is -2.18. The van der Waals surface area contributed by atoms with Crippen molar-refractivity contribution in [1.82, 2.24) is 10.2 Å². The van der Waals surface area contributed by atoms with Crippen LogP contribution in [0.5, 0.6) is 0 Å². The van der Waals surface area contributed by atoms with Crippen LogP contribution < -0.4 is 5.32 Å².